The van der Waals surface area contributed by atoms with Crippen molar-refractivity contribution in [1.29, 1.82) is 0 Å². The Hall–Kier alpha value is -0.140. The van der Waals surface area contributed by atoms with Crippen LogP contribution in [0.4, 0.5) is 8.78 Å². The van der Waals surface area contributed by atoms with Crippen molar-refractivity contribution in [3.63, 3.8) is 0 Å². The van der Waals surface area contributed by atoms with E-state index in [0.29, 0.717) is 5.92 Å². The molecule has 2 aliphatic carbocycles. The Morgan fingerprint density at radius 3 is 1.68 bits per heavy atom. The summed E-state index contributed by atoms with van der Waals surface area (Å²) < 4.78 is 24.8. The van der Waals surface area contributed by atoms with Gasteiger partial charge in [0, 0.05) is 6.42 Å². The van der Waals surface area contributed by atoms with Crippen molar-refractivity contribution in [2.45, 2.75) is 84.0 Å². The lowest BCUT2D eigenvalue weighted by molar-refractivity contribution is 0.0833. The Bertz CT molecular complexity index is 236. The molecule has 0 aromatic carbocycles. The van der Waals surface area contributed by atoms with Crippen LogP contribution in [-0.4, -0.2) is 6.43 Å². The quantitative estimate of drug-likeness (QED) is 0.571. The van der Waals surface area contributed by atoms with Gasteiger partial charge in [-0.05, 0) is 62.2 Å². The van der Waals surface area contributed by atoms with Gasteiger partial charge in [-0.1, -0.05) is 32.6 Å². The topological polar surface area (TPSA) is 0 Å². The lowest BCUT2D eigenvalue weighted by atomic mass is 9.68. The Labute approximate surface area is 117 Å². The first-order valence-corrected chi connectivity index (χ1v) is 8.47. The number of rotatable bonds is 5. The van der Waals surface area contributed by atoms with Crippen LogP contribution in [0.3, 0.4) is 0 Å². The van der Waals surface area contributed by atoms with Crippen molar-refractivity contribution < 1.29 is 8.78 Å². The van der Waals surface area contributed by atoms with Crippen LogP contribution >= 0.6 is 0 Å². The lowest BCUT2D eigenvalue weighted by Crippen LogP contribution is -2.26. The molecule has 0 aromatic heterocycles. The molecule has 0 spiro atoms. The van der Waals surface area contributed by atoms with E-state index in [-0.39, 0.29) is 6.42 Å². The van der Waals surface area contributed by atoms with Gasteiger partial charge in [-0.2, -0.15) is 0 Å². The van der Waals surface area contributed by atoms with Gasteiger partial charge >= 0.3 is 0 Å². The Balaban J connectivity index is 1.68. The summed E-state index contributed by atoms with van der Waals surface area (Å²) in [6.07, 6.45) is 11.0. The summed E-state index contributed by atoms with van der Waals surface area (Å²) in [5, 5.41) is 0. The van der Waals surface area contributed by atoms with Crippen LogP contribution in [0.2, 0.25) is 0 Å². The molecule has 2 heteroatoms. The zero-order valence-electron chi connectivity index (χ0n) is 12.4. The summed E-state index contributed by atoms with van der Waals surface area (Å²) >= 11 is 0. The third-order valence-corrected chi connectivity index (χ3v) is 5.66. The molecule has 0 aromatic rings. The van der Waals surface area contributed by atoms with E-state index in [0.717, 1.165) is 30.6 Å². The molecule has 2 rings (SSSR count). The van der Waals surface area contributed by atoms with E-state index >= 15 is 0 Å². The summed E-state index contributed by atoms with van der Waals surface area (Å²) in [5.41, 5.74) is 0. The van der Waals surface area contributed by atoms with Gasteiger partial charge in [0.15, 0.2) is 0 Å². The van der Waals surface area contributed by atoms with Gasteiger partial charge in [0.25, 0.3) is 0 Å². The number of hydrogen-bond acceptors (Lipinski definition) is 0. The standard InChI is InChI=1S/C17H30F2/c1-2-3-13-4-8-15(9-5-13)16-10-6-14(7-11-16)12-17(18)19/h13-17H,2-12H2,1H3. The van der Waals surface area contributed by atoms with Crippen LogP contribution in [-0.2, 0) is 0 Å². The van der Waals surface area contributed by atoms with Crippen molar-refractivity contribution in [1.82, 2.24) is 0 Å². The predicted octanol–water partition coefficient (Wildman–Crippen LogP) is 6.05. The molecule has 112 valence electrons. The van der Waals surface area contributed by atoms with Gasteiger partial charge in [-0.15, -0.1) is 0 Å². The Morgan fingerprint density at radius 2 is 1.26 bits per heavy atom. The summed E-state index contributed by atoms with van der Waals surface area (Å²) in [6, 6.07) is 0. The molecule has 0 bridgehead atoms. The van der Waals surface area contributed by atoms with Gasteiger partial charge in [0.05, 0.1) is 0 Å². The molecule has 0 radical (unpaired) electrons. The molecule has 2 saturated carbocycles. The molecule has 2 fully saturated rings. The normalized spacial score (nSPS) is 36.6. The first-order chi connectivity index (χ1) is 9.19. The van der Waals surface area contributed by atoms with Gasteiger partial charge in [0.1, 0.15) is 0 Å². The third kappa shape index (κ3) is 4.72. The second-order valence-corrected chi connectivity index (χ2v) is 6.98. The molecule has 19 heavy (non-hydrogen) atoms. The predicted molar refractivity (Wildman–Crippen MR) is 76.4 cm³/mol. The van der Waals surface area contributed by atoms with Crippen LogP contribution in [0.15, 0.2) is 0 Å². The first kappa shape index (κ1) is 15.3. The molecule has 0 saturated heterocycles. The van der Waals surface area contributed by atoms with Gasteiger partial charge in [-0.25, -0.2) is 8.78 Å². The molecule has 0 atom stereocenters. The second kappa shape index (κ2) is 7.59. The minimum atomic E-state index is -2.09. The smallest absolute Gasteiger partial charge is 0.211 e. The van der Waals surface area contributed by atoms with Gasteiger partial charge in [-0.3, -0.25) is 0 Å². The SMILES string of the molecule is CCCC1CCC(C2CCC(CC(F)F)CC2)CC1. The highest BCUT2D eigenvalue weighted by Gasteiger charge is 2.31. The Kier molecular flexibility index (Phi) is 6.09. The summed E-state index contributed by atoms with van der Waals surface area (Å²) in [6.45, 7) is 2.29. The van der Waals surface area contributed by atoms with E-state index in [9.17, 15) is 8.78 Å². The molecular weight excluding hydrogens is 242 g/mol. The highest BCUT2D eigenvalue weighted by molar-refractivity contribution is 4.82. The van der Waals surface area contributed by atoms with Crippen molar-refractivity contribution in [3.05, 3.63) is 0 Å². The van der Waals surface area contributed by atoms with Crippen LogP contribution in [0.25, 0.3) is 0 Å². The van der Waals surface area contributed by atoms with Crippen LogP contribution in [0, 0.1) is 23.7 Å². The molecule has 0 unspecified atom stereocenters. The fourth-order valence-electron chi connectivity index (χ4n) is 4.50. The number of hydrogen-bond donors (Lipinski definition) is 0. The fourth-order valence-corrected chi connectivity index (χ4v) is 4.50. The highest BCUT2D eigenvalue weighted by atomic mass is 19.3. The minimum Gasteiger partial charge on any atom is -0.211 e. The average Bonchev–Trinajstić information content (AvgIpc) is 2.40. The third-order valence-electron chi connectivity index (χ3n) is 5.66. The van der Waals surface area contributed by atoms with Crippen molar-refractivity contribution >= 4 is 0 Å². The van der Waals surface area contributed by atoms with E-state index in [1.807, 2.05) is 0 Å². The van der Waals surface area contributed by atoms with E-state index in [1.165, 1.54) is 51.4 Å². The van der Waals surface area contributed by atoms with Gasteiger partial charge < -0.3 is 0 Å². The molecule has 0 amide bonds. The van der Waals surface area contributed by atoms with Crippen molar-refractivity contribution in [2.24, 2.45) is 23.7 Å². The van der Waals surface area contributed by atoms with E-state index in [4.69, 9.17) is 0 Å². The Morgan fingerprint density at radius 1 is 0.789 bits per heavy atom. The molecule has 0 aliphatic heterocycles. The highest BCUT2D eigenvalue weighted by Crippen LogP contribution is 2.43. The van der Waals surface area contributed by atoms with Crippen molar-refractivity contribution in [2.75, 3.05) is 0 Å². The molecule has 2 aliphatic rings. The van der Waals surface area contributed by atoms with E-state index in [2.05, 4.69) is 6.92 Å². The fraction of sp³-hybridized carbons (Fsp3) is 1.00. The molecular formula is C17H30F2. The maximum Gasteiger partial charge on any atom is 0.238 e. The summed E-state index contributed by atoms with van der Waals surface area (Å²) in [7, 11) is 0. The maximum atomic E-state index is 12.4. The molecule has 0 nitrogen and oxygen atoms in total. The van der Waals surface area contributed by atoms with E-state index in [1.54, 1.807) is 0 Å². The average molecular weight is 272 g/mol. The summed E-state index contributed by atoms with van der Waals surface area (Å²) in [5.74, 6) is 3.07. The number of halogens is 2. The number of alkyl halides is 2. The zero-order valence-corrected chi connectivity index (χ0v) is 12.4. The molecule has 0 heterocycles. The monoisotopic (exact) mass is 272 g/mol. The molecule has 0 N–H and O–H groups in total. The van der Waals surface area contributed by atoms with Gasteiger partial charge in [0.2, 0.25) is 6.43 Å². The maximum absolute atomic E-state index is 12.4. The largest absolute Gasteiger partial charge is 0.238 e. The second-order valence-electron chi connectivity index (χ2n) is 6.98. The zero-order chi connectivity index (χ0) is 13.7. The summed E-state index contributed by atoms with van der Waals surface area (Å²) in [4.78, 5) is 0. The van der Waals surface area contributed by atoms with Crippen molar-refractivity contribution in [3.8, 4) is 0 Å². The minimum absolute atomic E-state index is 0.149. The van der Waals surface area contributed by atoms with E-state index < -0.39 is 6.43 Å². The lowest BCUT2D eigenvalue weighted by Gasteiger charge is -2.37. The van der Waals surface area contributed by atoms with Crippen LogP contribution < -0.4 is 0 Å². The first-order valence-electron chi connectivity index (χ1n) is 8.47. The van der Waals surface area contributed by atoms with Crippen LogP contribution in [0.5, 0.6) is 0 Å². The van der Waals surface area contributed by atoms with Crippen LogP contribution in [0.1, 0.15) is 77.6 Å².